The van der Waals surface area contributed by atoms with Gasteiger partial charge < -0.3 is 4.90 Å². The molecule has 6 heteroatoms. The van der Waals surface area contributed by atoms with E-state index in [1.54, 1.807) is 6.33 Å². The average Bonchev–Trinajstić information content (AvgIpc) is 3.17. The lowest BCUT2D eigenvalue weighted by Crippen LogP contribution is -2.37. The van der Waals surface area contributed by atoms with Crippen LogP contribution >= 0.6 is 0 Å². The van der Waals surface area contributed by atoms with Gasteiger partial charge >= 0.3 is 0 Å². The smallest absolute Gasteiger partial charge is 0.201 e. The molecule has 0 aromatic carbocycles. The van der Waals surface area contributed by atoms with Crippen molar-refractivity contribution < 1.29 is 0 Å². The van der Waals surface area contributed by atoms with E-state index in [0.29, 0.717) is 0 Å². The van der Waals surface area contributed by atoms with Crippen LogP contribution in [0.15, 0.2) is 6.33 Å². The standard InChI is InChI=1S/C17H26N6/c1-13-14(2)20-23-12-18-19-17(23)16(13)22-9-5-8-21(10-11-22)15-6-3-4-7-15/h12,15H,3-11H2,1-2H3. The second kappa shape index (κ2) is 6.07. The summed E-state index contributed by atoms with van der Waals surface area (Å²) in [6.45, 7) is 8.78. The lowest BCUT2D eigenvalue weighted by Gasteiger charge is -2.28. The molecule has 0 spiro atoms. The van der Waals surface area contributed by atoms with Crippen molar-refractivity contribution in [2.24, 2.45) is 0 Å². The van der Waals surface area contributed by atoms with Crippen molar-refractivity contribution >= 4 is 11.3 Å². The van der Waals surface area contributed by atoms with Crippen LogP contribution in [0.2, 0.25) is 0 Å². The number of rotatable bonds is 2. The van der Waals surface area contributed by atoms with Crippen molar-refractivity contribution in [1.82, 2.24) is 24.7 Å². The molecular weight excluding hydrogens is 288 g/mol. The van der Waals surface area contributed by atoms with Crippen molar-refractivity contribution in [2.45, 2.75) is 52.0 Å². The summed E-state index contributed by atoms with van der Waals surface area (Å²) in [6, 6.07) is 0.823. The van der Waals surface area contributed by atoms with Gasteiger partial charge in [0.15, 0.2) is 0 Å². The van der Waals surface area contributed by atoms with Crippen molar-refractivity contribution in [2.75, 3.05) is 31.1 Å². The quantitative estimate of drug-likeness (QED) is 0.850. The number of aromatic nitrogens is 4. The van der Waals surface area contributed by atoms with Crippen LogP contribution in [0, 0.1) is 13.8 Å². The molecule has 2 aromatic rings. The van der Waals surface area contributed by atoms with E-state index in [4.69, 9.17) is 0 Å². The maximum Gasteiger partial charge on any atom is 0.201 e. The van der Waals surface area contributed by atoms with Crippen molar-refractivity contribution in [3.63, 3.8) is 0 Å². The predicted octanol–water partition coefficient (Wildman–Crippen LogP) is 2.20. The Labute approximate surface area is 137 Å². The molecule has 0 amide bonds. The molecule has 1 aliphatic heterocycles. The van der Waals surface area contributed by atoms with Crippen LogP contribution in [0.1, 0.15) is 43.4 Å². The Kier molecular flexibility index (Phi) is 3.93. The predicted molar refractivity (Wildman–Crippen MR) is 90.9 cm³/mol. The summed E-state index contributed by atoms with van der Waals surface area (Å²) in [5, 5.41) is 12.9. The fraction of sp³-hybridized carbons (Fsp3) is 0.706. The van der Waals surface area contributed by atoms with Gasteiger partial charge in [-0.05, 0) is 38.7 Å². The first-order valence-electron chi connectivity index (χ1n) is 8.90. The Morgan fingerprint density at radius 3 is 2.65 bits per heavy atom. The Morgan fingerprint density at radius 1 is 1.00 bits per heavy atom. The summed E-state index contributed by atoms with van der Waals surface area (Å²) in [5.74, 6) is 0. The second-order valence-corrected chi connectivity index (χ2v) is 6.97. The van der Waals surface area contributed by atoms with E-state index in [9.17, 15) is 0 Å². The van der Waals surface area contributed by atoms with Gasteiger partial charge in [0.2, 0.25) is 5.65 Å². The summed E-state index contributed by atoms with van der Waals surface area (Å²) >= 11 is 0. The molecule has 1 saturated heterocycles. The van der Waals surface area contributed by atoms with Crippen LogP contribution in [-0.4, -0.2) is 56.9 Å². The topological polar surface area (TPSA) is 49.6 Å². The van der Waals surface area contributed by atoms with E-state index in [1.165, 1.54) is 49.9 Å². The highest BCUT2D eigenvalue weighted by molar-refractivity contribution is 5.72. The van der Waals surface area contributed by atoms with Gasteiger partial charge in [-0.2, -0.15) is 9.61 Å². The Morgan fingerprint density at radius 2 is 1.83 bits per heavy atom. The van der Waals surface area contributed by atoms with Gasteiger partial charge in [-0.15, -0.1) is 10.2 Å². The zero-order chi connectivity index (χ0) is 15.8. The number of anilines is 1. The van der Waals surface area contributed by atoms with Crippen LogP contribution in [-0.2, 0) is 0 Å². The molecule has 0 atom stereocenters. The van der Waals surface area contributed by atoms with Crippen molar-refractivity contribution in [1.29, 1.82) is 0 Å². The first kappa shape index (κ1) is 14.9. The second-order valence-electron chi connectivity index (χ2n) is 6.97. The maximum absolute atomic E-state index is 4.55. The van der Waals surface area contributed by atoms with Gasteiger partial charge in [-0.3, -0.25) is 4.90 Å². The van der Waals surface area contributed by atoms with Gasteiger partial charge in [0.05, 0.1) is 11.4 Å². The summed E-state index contributed by atoms with van der Waals surface area (Å²) in [5.41, 5.74) is 4.41. The SMILES string of the molecule is Cc1nn2cnnc2c(N2CCCN(C3CCCC3)CC2)c1C. The van der Waals surface area contributed by atoms with Gasteiger partial charge in [0, 0.05) is 32.2 Å². The molecule has 0 unspecified atom stereocenters. The maximum atomic E-state index is 4.55. The summed E-state index contributed by atoms with van der Waals surface area (Å²) in [4.78, 5) is 5.22. The molecule has 6 nitrogen and oxygen atoms in total. The minimum atomic E-state index is 0.823. The number of nitrogens with zero attached hydrogens (tertiary/aromatic N) is 6. The zero-order valence-corrected chi connectivity index (χ0v) is 14.2. The number of hydrogen-bond acceptors (Lipinski definition) is 5. The van der Waals surface area contributed by atoms with E-state index in [0.717, 1.165) is 37.0 Å². The Bertz CT molecular complexity index is 688. The minimum absolute atomic E-state index is 0.823. The third-order valence-corrected chi connectivity index (χ3v) is 5.59. The van der Waals surface area contributed by atoms with Gasteiger partial charge in [0.25, 0.3) is 0 Å². The third kappa shape index (κ3) is 2.69. The van der Waals surface area contributed by atoms with Gasteiger partial charge in [0.1, 0.15) is 6.33 Å². The Balaban J connectivity index is 1.61. The molecular formula is C17H26N6. The number of aryl methyl sites for hydroxylation is 1. The summed E-state index contributed by atoms with van der Waals surface area (Å²) < 4.78 is 1.82. The van der Waals surface area contributed by atoms with Crippen LogP contribution in [0.5, 0.6) is 0 Å². The number of hydrogen-bond donors (Lipinski definition) is 0. The van der Waals surface area contributed by atoms with Crippen LogP contribution in [0.25, 0.3) is 5.65 Å². The van der Waals surface area contributed by atoms with E-state index >= 15 is 0 Å². The average molecular weight is 314 g/mol. The highest BCUT2D eigenvalue weighted by Gasteiger charge is 2.26. The van der Waals surface area contributed by atoms with Gasteiger partial charge in [-0.1, -0.05) is 12.8 Å². The molecule has 2 aliphatic rings. The molecule has 0 radical (unpaired) electrons. The number of fused-ring (bicyclic) bond motifs is 1. The largest absolute Gasteiger partial charge is 0.367 e. The molecule has 4 rings (SSSR count). The van der Waals surface area contributed by atoms with Crippen LogP contribution in [0.3, 0.4) is 0 Å². The molecule has 1 aliphatic carbocycles. The fourth-order valence-corrected chi connectivity index (χ4v) is 4.21. The van der Waals surface area contributed by atoms with E-state index in [2.05, 4.69) is 38.9 Å². The minimum Gasteiger partial charge on any atom is -0.367 e. The lowest BCUT2D eigenvalue weighted by atomic mass is 10.2. The molecule has 3 heterocycles. The molecule has 0 bridgehead atoms. The molecule has 0 N–H and O–H groups in total. The fourth-order valence-electron chi connectivity index (χ4n) is 4.21. The first-order valence-corrected chi connectivity index (χ1v) is 8.90. The monoisotopic (exact) mass is 314 g/mol. The highest BCUT2D eigenvalue weighted by atomic mass is 15.4. The third-order valence-electron chi connectivity index (χ3n) is 5.59. The molecule has 2 fully saturated rings. The lowest BCUT2D eigenvalue weighted by molar-refractivity contribution is 0.213. The molecule has 2 aromatic heterocycles. The van der Waals surface area contributed by atoms with E-state index < -0.39 is 0 Å². The Hall–Kier alpha value is -1.69. The van der Waals surface area contributed by atoms with Crippen molar-refractivity contribution in [3.05, 3.63) is 17.6 Å². The first-order chi connectivity index (χ1) is 11.2. The zero-order valence-electron chi connectivity index (χ0n) is 14.2. The van der Waals surface area contributed by atoms with Crippen LogP contribution in [0.4, 0.5) is 5.69 Å². The van der Waals surface area contributed by atoms with Crippen molar-refractivity contribution in [3.8, 4) is 0 Å². The van der Waals surface area contributed by atoms with E-state index in [-0.39, 0.29) is 0 Å². The molecule has 23 heavy (non-hydrogen) atoms. The highest BCUT2D eigenvalue weighted by Crippen LogP contribution is 2.29. The summed E-state index contributed by atoms with van der Waals surface area (Å²) in [7, 11) is 0. The van der Waals surface area contributed by atoms with Crippen LogP contribution < -0.4 is 4.90 Å². The normalized spacial score (nSPS) is 21.2. The summed E-state index contributed by atoms with van der Waals surface area (Å²) in [6.07, 6.45) is 8.52. The van der Waals surface area contributed by atoms with Gasteiger partial charge in [-0.25, -0.2) is 0 Å². The molecule has 124 valence electrons. The van der Waals surface area contributed by atoms with E-state index in [1.807, 2.05) is 4.52 Å². The molecule has 1 saturated carbocycles.